The molecule has 3 rings (SSSR count). The molecule has 2 fully saturated rings. The highest BCUT2D eigenvalue weighted by Gasteiger charge is 2.34. The van der Waals surface area contributed by atoms with E-state index in [1.54, 1.807) is 0 Å². The van der Waals surface area contributed by atoms with Crippen molar-refractivity contribution in [2.45, 2.75) is 25.4 Å². The molecule has 0 bridgehead atoms. The van der Waals surface area contributed by atoms with E-state index in [9.17, 15) is 8.42 Å². The Labute approximate surface area is 138 Å². The molecule has 0 spiro atoms. The fourth-order valence-corrected chi connectivity index (χ4v) is 5.49. The van der Waals surface area contributed by atoms with E-state index in [1.165, 1.54) is 5.56 Å². The summed E-state index contributed by atoms with van der Waals surface area (Å²) in [5.74, 6) is 0.702. The van der Waals surface area contributed by atoms with E-state index in [-0.39, 0.29) is 6.04 Å². The molecule has 0 aliphatic carbocycles. The maximum Gasteiger partial charge on any atom is 0.151 e. The Kier molecular flexibility index (Phi) is 4.78. The van der Waals surface area contributed by atoms with Gasteiger partial charge in [-0.2, -0.15) is 0 Å². The largest absolute Gasteiger partial charge is 0.297 e. The molecule has 122 valence electrons. The molecule has 0 unspecified atom stereocenters. The Bertz CT molecular complexity index is 627. The van der Waals surface area contributed by atoms with Gasteiger partial charge < -0.3 is 0 Å². The summed E-state index contributed by atoms with van der Waals surface area (Å²) in [6.45, 7) is 6.06. The van der Waals surface area contributed by atoms with Gasteiger partial charge in [-0.25, -0.2) is 8.42 Å². The fraction of sp³-hybridized carbons (Fsp3) is 0.625. The van der Waals surface area contributed by atoms with Gasteiger partial charge in [0.15, 0.2) is 9.84 Å². The van der Waals surface area contributed by atoms with Gasteiger partial charge in [-0.05, 0) is 31.0 Å². The van der Waals surface area contributed by atoms with Crippen LogP contribution >= 0.6 is 11.6 Å². The van der Waals surface area contributed by atoms with Crippen LogP contribution in [-0.2, 0) is 9.84 Å². The lowest BCUT2D eigenvalue weighted by Crippen LogP contribution is -2.51. The lowest BCUT2D eigenvalue weighted by atomic mass is 10.1. The molecule has 2 aliphatic heterocycles. The highest BCUT2D eigenvalue weighted by Crippen LogP contribution is 2.26. The average molecular weight is 343 g/mol. The molecule has 2 atom stereocenters. The van der Waals surface area contributed by atoms with Crippen LogP contribution in [0.2, 0.25) is 5.02 Å². The van der Waals surface area contributed by atoms with Gasteiger partial charge in [0.25, 0.3) is 0 Å². The Hall–Kier alpha value is -0.620. The topological polar surface area (TPSA) is 40.6 Å². The van der Waals surface area contributed by atoms with Crippen LogP contribution in [0.15, 0.2) is 24.3 Å². The van der Waals surface area contributed by atoms with Crippen molar-refractivity contribution < 1.29 is 8.42 Å². The molecule has 2 heterocycles. The number of rotatable bonds is 3. The van der Waals surface area contributed by atoms with E-state index in [4.69, 9.17) is 11.6 Å². The van der Waals surface area contributed by atoms with Gasteiger partial charge in [0.2, 0.25) is 0 Å². The molecule has 0 aromatic heterocycles. The Balaban J connectivity index is 1.58. The summed E-state index contributed by atoms with van der Waals surface area (Å²) in [7, 11) is -2.79. The molecule has 0 N–H and O–H groups in total. The third kappa shape index (κ3) is 3.65. The first-order chi connectivity index (χ1) is 10.4. The van der Waals surface area contributed by atoms with Crippen LogP contribution in [0.1, 0.15) is 24.9 Å². The van der Waals surface area contributed by atoms with E-state index >= 15 is 0 Å². The highest BCUT2D eigenvalue weighted by atomic mass is 35.5. The van der Waals surface area contributed by atoms with Crippen molar-refractivity contribution in [1.82, 2.24) is 9.80 Å². The zero-order valence-corrected chi connectivity index (χ0v) is 14.5. The van der Waals surface area contributed by atoms with Crippen LogP contribution in [0.4, 0.5) is 0 Å². The van der Waals surface area contributed by atoms with E-state index in [0.717, 1.165) is 37.6 Å². The molecule has 1 aromatic rings. The number of hydrogen-bond donors (Lipinski definition) is 0. The standard InChI is InChI=1S/C16H23ClN2O2S/c1-13(14-3-2-4-15(17)11-14)18-6-8-19(9-7-18)16-5-10-22(20,21)12-16/h2-4,11,13,16H,5-10,12H2,1H3/t13-,16-/m1/s1. The quantitative estimate of drug-likeness (QED) is 0.844. The van der Waals surface area contributed by atoms with Crippen LogP contribution in [0.25, 0.3) is 0 Å². The summed E-state index contributed by atoms with van der Waals surface area (Å²) >= 11 is 6.08. The van der Waals surface area contributed by atoms with Gasteiger partial charge in [0.05, 0.1) is 11.5 Å². The van der Waals surface area contributed by atoms with Crippen LogP contribution in [0, 0.1) is 0 Å². The van der Waals surface area contributed by atoms with Crippen LogP contribution < -0.4 is 0 Å². The van der Waals surface area contributed by atoms with Crippen LogP contribution in [0.5, 0.6) is 0 Å². The van der Waals surface area contributed by atoms with Crippen LogP contribution in [-0.4, -0.2) is 61.9 Å². The van der Waals surface area contributed by atoms with Gasteiger partial charge in [0.1, 0.15) is 0 Å². The SMILES string of the molecule is C[C@H](c1cccc(Cl)c1)N1CCN([C@@H]2CCS(=O)(=O)C2)CC1. The van der Waals surface area contributed by atoms with Crippen molar-refractivity contribution in [2.24, 2.45) is 0 Å². The van der Waals surface area contributed by atoms with Gasteiger partial charge >= 0.3 is 0 Å². The second-order valence-electron chi connectivity index (χ2n) is 6.36. The summed E-state index contributed by atoms with van der Waals surface area (Å²) in [6, 6.07) is 8.61. The Morgan fingerprint density at radius 2 is 1.95 bits per heavy atom. The molecule has 6 heteroatoms. The van der Waals surface area contributed by atoms with E-state index in [1.807, 2.05) is 18.2 Å². The maximum atomic E-state index is 11.6. The number of benzene rings is 1. The lowest BCUT2D eigenvalue weighted by Gasteiger charge is -2.40. The normalized spacial score (nSPS) is 27.8. The first kappa shape index (κ1) is 16.2. The number of piperazine rings is 1. The first-order valence-corrected chi connectivity index (χ1v) is 10.1. The minimum absolute atomic E-state index is 0.230. The van der Waals surface area contributed by atoms with Crippen molar-refractivity contribution in [3.8, 4) is 0 Å². The molecular formula is C16H23ClN2O2S. The summed E-state index contributed by atoms with van der Waals surface area (Å²) in [5, 5.41) is 0.777. The van der Waals surface area contributed by atoms with Gasteiger partial charge in [-0.3, -0.25) is 9.80 Å². The number of halogens is 1. The molecule has 1 aromatic carbocycles. The van der Waals surface area contributed by atoms with Gasteiger partial charge in [-0.15, -0.1) is 0 Å². The summed E-state index contributed by atoms with van der Waals surface area (Å²) in [4.78, 5) is 4.80. The minimum Gasteiger partial charge on any atom is -0.297 e. The van der Waals surface area contributed by atoms with E-state index in [2.05, 4.69) is 22.8 Å². The number of sulfone groups is 1. The number of hydrogen-bond acceptors (Lipinski definition) is 4. The average Bonchev–Trinajstić information content (AvgIpc) is 2.87. The minimum atomic E-state index is -2.79. The Morgan fingerprint density at radius 1 is 1.23 bits per heavy atom. The molecule has 2 saturated heterocycles. The molecule has 0 saturated carbocycles. The predicted molar refractivity (Wildman–Crippen MR) is 90.1 cm³/mol. The third-order valence-corrected chi connectivity index (χ3v) is 6.94. The van der Waals surface area contributed by atoms with Gasteiger partial charge in [-0.1, -0.05) is 23.7 Å². The molecule has 22 heavy (non-hydrogen) atoms. The van der Waals surface area contributed by atoms with Crippen molar-refractivity contribution in [3.63, 3.8) is 0 Å². The van der Waals surface area contributed by atoms with Crippen LogP contribution in [0.3, 0.4) is 0 Å². The summed E-state index contributed by atoms with van der Waals surface area (Å²) in [5.41, 5.74) is 1.24. The lowest BCUT2D eigenvalue weighted by molar-refractivity contribution is 0.0803. The smallest absolute Gasteiger partial charge is 0.151 e. The summed E-state index contributed by atoms with van der Waals surface area (Å²) < 4.78 is 23.2. The molecule has 2 aliphatic rings. The van der Waals surface area contributed by atoms with E-state index < -0.39 is 9.84 Å². The molecule has 0 amide bonds. The predicted octanol–water partition coefficient (Wildman–Crippen LogP) is 2.21. The van der Waals surface area contributed by atoms with E-state index in [0.29, 0.717) is 17.5 Å². The molecule has 4 nitrogen and oxygen atoms in total. The second kappa shape index (κ2) is 6.48. The second-order valence-corrected chi connectivity index (χ2v) is 9.02. The first-order valence-electron chi connectivity index (χ1n) is 7.88. The summed E-state index contributed by atoms with van der Waals surface area (Å²) in [6.07, 6.45) is 0.798. The maximum absolute atomic E-state index is 11.6. The van der Waals surface area contributed by atoms with Crippen molar-refractivity contribution in [2.75, 3.05) is 37.7 Å². The zero-order valence-electron chi connectivity index (χ0n) is 12.9. The van der Waals surface area contributed by atoms with Crippen molar-refractivity contribution >= 4 is 21.4 Å². The monoisotopic (exact) mass is 342 g/mol. The van der Waals surface area contributed by atoms with Gasteiger partial charge in [0, 0.05) is 43.3 Å². The van der Waals surface area contributed by atoms with Crippen molar-refractivity contribution in [3.05, 3.63) is 34.9 Å². The number of nitrogens with zero attached hydrogens (tertiary/aromatic N) is 2. The van der Waals surface area contributed by atoms with Crippen molar-refractivity contribution in [1.29, 1.82) is 0 Å². The highest BCUT2D eigenvalue weighted by molar-refractivity contribution is 7.91. The zero-order chi connectivity index (χ0) is 15.7. The Morgan fingerprint density at radius 3 is 2.55 bits per heavy atom. The molecular weight excluding hydrogens is 320 g/mol. The molecule has 0 radical (unpaired) electrons. The fourth-order valence-electron chi connectivity index (χ4n) is 3.53. The third-order valence-electron chi connectivity index (χ3n) is 4.95.